The number of benzene rings is 1. The number of ether oxygens (including phenoxy) is 1. The smallest absolute Gasteiger partial charge is 0.267 e. The van der Waals surface area contributed by atoms with Crippen molar-refractivity contribution < 1.29 is 17.9 Å². The summed E-state index contributed by atoms with van der Waals surface area (Å²) in [6.07, 6.45) is 2.12. The lowest BCUT2D eigenvalue weighted by Crippen LogP contribution is -2.34. The molecule has 0 unspecified atom stereocenters. The summed E-state index contributed by atoms with van der Waals surface area (Å²) in [4.78, 5) is 18.1. The first-order chi connectivity index (χ1) is 13.4. The van der Waals surface area contributed by atoms with Crippen LogP contribution in [-0.4, -0.2) is 63.2 Å². The van der Waals surface area contributed by atoms with Crippen LogP contribution in [-0.2, 0) is 16.4 Å². The van der Waals surface area contributed by atoms with E-state index in [9.17, 15) is 13.2 Å². The normalized spacial score (nSPS) is 16.0. The highest BCUT2D eigenvalue weighted by molar-refractivity contribution is 7.90. The third-order valence-electron chi connectivity index (χ3n) is 4.76. The van der Waals surface area contributed by atoms with E-state index in [1.807, 2.05) is 35.4 Å². The number of rotatable bonds is 6. The Kier molecular flexibility index (Phi) is 6.74. The van der Waals surface area contributed by atoms with Crippen molar-refractivity contribution in [3.8, 4) is 5.75 Å². The summed E-state index contributed by atoms with van der Waals surface area (Å²) in [5.41, 5.74) is 1.07. The van der Waals surface area contributed by atoms with Gasteiger partial charge in [-0.25, -0.2) is 8.42 Å². The fourth-order valence-corrected chi connectivity index (χ4v) is 4.73. The van der Waals surface area contributed by atoms with Crippen molar-refractivity contribution in [3.63, 3.8) is 0 Å². The molecule has 2 heterocycles. The van der Waals surface area contributed by atoms with E-state index >= 15 is 0 Å². The number of sulfone groups is 1. The molecule has 6 nitrogen and oxygen atoms in total. The van der Waals surface area contributed by atoms with Gasteiger partial charge < -0.3 is 9.64 Å². The van der Waals surface area contributed by atoms with Crippen LogP contribution < -0.4 is 4.74 Å². The van der Waals surface area contributed by atoms with Crippen molar-refractivity contribution in [2.24, 2.45) is 0 Å². The molecular formula is C20H26N2O4S2. The van der Waals surface area contributed by atoms with Crippen LogP contribution in [0.5, 0.6) is 5.75 Å². The van der Waals surface area contributed by atoms with Crippen molar-refractivity contribution in [1.82, 2.24) is 9.80 Å². The molecule has 1 amide bonds. The van der Waals surface area contributed by atoms with Gasteiger partial charge in [-0.05, 0) is 42.5 Å². The summed E-state index contributed by atoms with van der Waals surface area (Å²) in [5.74, 6) is 0.711. The molecule has 1 aliphatic heterocycles. The molecule has 1 saturated heterocycles. The molecule has 1 aliphatic rings. The van der Waals surface area contributed by atoms with Gasteiger partial charge in [0.25, 0.3) is 5.91 Å². The highest BCUT2D eigenvalue weighted by Gasteiger charge is 2.24. The van der Waals surface area contributed by atoms with E-state index in [1.165, 1.54) is 17.6 Å². The van der Waals surface area contributed by atoms with E-state index in [0.29, 0.717) is 28.7 Å². The molecule has 1 aromatic heterocycles. The Morgan fingerprint density at radius 3 is 2.54 bits per heavy atom. The van der Waals surface area contributed by atoms with E-state index < -0.39 is 9.84 Å². The predicted octanol–water partition coefficient (Wildman–Crippen LogP) is 2.90. The molecule has 28 heavy (non-hydrogen) atoms. The van der Waals surface area contributed by atoms with E-state index in [4.69, 9.17) is 4.74 Å². The third kappa shape index (κ3) is 5.12. The molecular weight excluding hydrogens is 396 g/mol. The van der Waals surface area contributed by atoms with Gasteiger partial charge in [0, 0.05) is 39.0 Å². The van der Waals surface area contributed by atoms with Crippen LogP contribution in [0.1, 0.15) is 28.6 Å². The van der Waals surface area contributed by atoms with Crippen LogP contribution in [0.25, 0.3) is 0 Å². The van der Waals surface area contributed by atoms with Crippen molar-refractivity contribution in [1.29, 1.82) is 0 Å². The molecule has 0 atom stereocenters. The lowest BCUT2D eigenvalue weighted by molar-refractivity contribution is 0.0762. The first kappa shape index (κ1) is 20.8. The standard InChI is InChI=1S/C20H26N2O4S2/c1-3-26-18-9-14-27-19(18)20(23)22-11-4-10-21(12-13-22)15-16-5-7-17(8-6-16)28(2,24)25/h5-9,14H,3-4,10-13,15H2,1-2H3. The Bertz CT molecular complexity index is 907. The molecule has 0 radical (unpaired) electrons. The van der Waals surface area contributed by atoms with Gasteiger partial charge in [-0.1, -0.05) is 12.1 Å². The van der Waals surface area contributed by atoms with Crippen LogP contribution in [0.3, 0.4) is 0 Å². The molecule has 0 aliphatic carbocycles. The van der Waals surface area contributed by atoms with Crippen molar-refractivity contribution in [2.45, 2.75) is 24.8 Å². The minimum atomic E-state index is -3.17. The van der Waals surface area contributed by atoms with Gasteiger partial charge in [0.2, 0.25) is 0 Å². The molecule has 1 aromatic carbocycles. The Labute approximate surface area is 170 Å². The van der Waals surface area contributed by atoms with Crippen LogP contribution >= 0.6 is 11.3 Å². The van der Waals surface area contributed by atoms with E-state index in [0.717, 1.165) is 38.2 Å². The Morgan fingerprint density at radius 2 is 1.86 bits per heavy atom. The second-order valence-electron chi connectivity index (χ2n) is 6.89. The zero-order valence-electron chi connectivity index (χ0n) is 16.3. The number of carbonyl (C=O) groups is 1. The second kappa shape index (κ2) is 9.07. The van der Waals surface area contributed by atoms with Gasteiger partial charge in [0.15, 0.2) is 9.84 Å². The summed E-state index contributed by atoms with van der Waals surface area (Å²) in [6, 6.07) is 8.90. The fraction of sp³-hybridized carbons (Fsp3) is 0.450. The average molecular weight is 423 g/mol. The summed E-state index contributed by atoms with van der Waals surface area (Å²) in [6.45, 7) is 6.29. The zero-order valence-corrected chi connectivity index (χ0v) is 17.9. The SMILES string of the molecule is CCOc1ccsc1C(=O)N1CCCN(Cc2ccc(S(C)(=O)=O)cc2)CC1. The van der Waals surface area contributed by atoms with Crippen LogP contribution in [0, 0.1) is 0 Å². The van der Waals surface area contributed by atoms with Gasteiger partial charge in [0.05, 0.1) is 11.5 Å². The lowest BCUT2D eigenvalue weighted by Gasteiger charge is -2.22. The van der Waals surface area contributed by atoms with E-state index in [-0.39, 0.29) is 5.91 Å². The Balaban J connectivity index is 1.60. The average Bonchev–Trinajstić information content (AvgIpc) is 2.99. The molecule has 152 valence electrons. The molecule has 0 N–H and O–H groups in total. The highest BCUT2D eigenvalue weighted by atomic mass is 32.2. The quantitative estimate of drug-likeness (QED) is 0.716. The zero-order chi connectivity index (χ0) is 20.1. The number of amides is 1. The largest absolute Gasteiger partial charge is 0.492 e. The topological polar surface area (TPSA) is 66.9 Å². The van der Waals surface area contributed by atoms with Crippen molar-refractivity contribution in [2.75, 3.05) is 39.0 Å². The highest BCUT2D eigenvalue weighted by Crippen LogP contribution is 2.27. The number of hydrogen-bond donors (Lipinski definition) is 0. The maximum absolute atomic E-state index is 12.9. The fourth-order valence-electron chi connectivity index (χ4n) is 3.30. The van der Waals surface area contributed by atoms with Crippen LogP contribution in [0.15, 0.2) is 40.6 Å². The van der Waals surface area contributed by atoms with Gasteiger partial charge >= 0.3 is 0 Å². The number of thiophene rings is 1. The number of hydrogen-bond acceptors (Lipinski definition) is 6. The molecule has 3 rings (SSSR count). The number of carbonyl (C=O) groups excluding carboxylic acids is 1. The molecule has 2 aromatic rings. The first-order valence-corrected chi connectivity index (χ1v) is 12.2. The summed E-state index contributed by atoms with van der Waals surface area (Å²) < 4.78 is 28.7. The summed E-state index contributed by atoms with van der Waals surface area (Å²) in [7, 11) is -3.17. The Morgan fingerprint density at radius 1 is 1.11 bits per heavy atom. The van der Waals surface area contributed by atoms with E-state index in [1.54, 1.807) is 12.1 Å². The van der Waals surface area contributed by atoms with E-state index in [2.05, 4.69) is 4.90 Å². The minimum absolute atomic E-state index is 0.0396. The van der Waals surface area contributed by atoms with Gasteiger partial charge in [-0.2, -0.15) is 0 Å². The van der Waals surface area contributed by atoms with Gasteiger partial charge in [0.1, 0.15) is 10.6 Å². The summed E-state index contributed by atoms with van der Waals surface area (Å²) >= 11 is 1.43. The van der Waals surface area contributed by atoms with Crippen LogP contribution in [0.2, 0.25) is 0 Å². The van der Waals surface area contributed by atoms with Crippen molar-refractivity contribution in [3.05, 3.63) is 46.2 Å². The predicted molar refractivity (Wildman–Crippen MR) is 111 cm³/mol. The molecule has 8 heteroatoms. The molecule has 0 saturated carbocycles. The van der Waals surface area contributed by atoms with Gasteiger partial charge in [-0.3, -0.25) is 9.69 Å². The minimum Gasteiger partial charge on any atom is -0.492 e. The maximum Gasteiger partial charge on any atom is 0.267 e. The maximum atomic E-state index is 12.9. The first-order valence-electron chi connectivity index (χ1n) is 9.39. The molecule has 0 spiro atoms. The second-order valence-corrected chi connectivity index (χ2v) is 9.82. The summed E-state index contributed by atoms with van der Waals surface area (Å²) in [5, 5.41) is 1.89. The third-order valence-corrected chi connectivity index (χ3v) is 6.77. The molecule has 1 fully saturated rings. The lowest BCUT2D eigenvalue weighted by atomic mass is 10.2. The van der Waals surface area contributed by atoms with Crippen molar-refractivity contribution >= 4 is 27.1 Å². The molecule has 0 bridgehead atoms. The number of nitrogens with zero attached hydrogens (tertiary/aromatic N) is 2. The van der Waals surface area contributed by atoms with Crippen LogP contribution in [0.4, 0.5) is 0 Å². The monoisotopic (exact) mass is 422 g/mol. The Hall–Kier alpha value is -1.90. The van der Waals surface area contributed by atoms with Gasteiger partial charge in [-0.15, -0.1) is 11.3 Å².